The van der Waals surface area contributed by atoms with Crippen molar-refractivity contribution in [2.75, 3.05) is 26.8 Å². The smallest absolute Gasteiger partial charge is 0.0681 e. The molecule has 3 nitrogen and oxygen atoms in total. The van der Waals surface area contributed by atoms with E-state index in [1.165, 1.54) is 5.56 Å². The maximum absolute atomic E-state index is 9.02. The Balaban J connectivity index is 2.56. The van der Waals surface area contributed by atoms with Gasteiger partial charge in [-0.15, -0.1) is 0 Å². The Morgan fingerprint density at radius 3 is 2.28 bits per heavy atom. The lowest BCUT2D eigenvalue weighted by atomic mass is 10.1. The van der Waals surface area contributed by atoms with E-state index in [4.69, 9.17) is 9.84 Å². The van der Waals surface area contributed by atoms with Crippen LogP contribution in [-0.4, -0.2) is 36.8 Å². The van der Waals surface area contributed by atoms with Gasteiger partial charge in [-0.3, -0.25) is 4.90 Å². The van der Waals surface area contributed by atoms with Crippen LogP contribution in [-0.2, 0) is 17.9 Å². The maximum atomic E-state index is 9.02. The number of benzene rings is 1. The summed E-state index contributed by atoms with van der Waals surface area (Å²) in [5.74, 6) is 0.651. The van der Waals surface area contributed by atoms with Gasteiger partial charge in [0.1, 0.15) is 0 Å². The second kappa shape index (κ2) is 8.25. The Morgan fingerprint density at radius 1 is 1.17 bits per heavy atom. The fourth-order valence-corrected chi connectivity index (χ4v) is 1.98. The summed E-state index contributed by atoms with van der Waals surface area (Å²) in [4.78, 5) is 2.40. The van der Waals surface area contributed by atoms with Crippen LogP contribution in [0.25, 0.3) is 0 Å². The average molecular weight is 251 g/mol. The van der Waals surface area contributed by atoms with E-state index in [1.54, 1.807) is 7.11 Å². The molecule has 0 radical (unpaired) electrons. The maximum Gasteiger partial charge on any atom is 0.0681 e. The molecule has 0 fully saturated rings. The molecule has 1 aromatic rings. The minimum atomic E-state index is 0.111. The van der Waals surface area contributed by atoms with E-state index < -0.39 is 0 Å². The Hall–Kier alpha value is -0.900. The van der Waals surface area contributed by atoms with Crippen LogP contribution in [0, 0.1) is 5.92 Å². The molecule has 0 atom stereocenters. The average Bonchev–Trinajstić information content (AvgIpc) is 2.36. The molecule has 0 amide bonds. The Bertz CT molecular complexity index is 322. The molecule has 0 saturated heterocycles. The van der Waals surface area contributed by atoms with Crippen molar-refractivity contribution in [3.63, 3.8) is 0 Å². The number of methoxy groups -OCH3 is 1. The highest BCUT2D eigenvalue weighted by molar-refractivity contribution is 5.21. The number of nitrogens with zero attached hydrogens (tertiary/aromatic N) is 1. The van der Waals surface area contributed by atoms with Gasteiger partial charge in [-0.1, -0.05) is 38.1 Å². The topological polar surface area (TPSA) is 32.7 Å². The second-order valence-electron chi connectivity index (χ2n) is 5.10. The quantitative estimate of drug-likeness (QED) is 0.769. The zero-order valence-corrected chi connectivity index (χ0v) is 11.7. The van der Waals surface area contributed by atoms with Gasteiger partial charge in [0.05, 0.1) is 13.2 Å². The molecule has 0 aromatic heterocycles. The number of hydrogen-bond acceptors (Lipinski definition) is 3. The molecule has 1 aromatic carbocycles. The summed E-state index contributed by atoms with van der Waals surface area (Å²) in [5, 5.41) is 9.02. The van der Waals surface area contributed by atoms with Gasteiger partial charge in [0.15, 0.2) is 0 Å². The van der Waals surface area contributed by atoms with E-state index in [0.29, 0.717) is 5.92 Å². The fourth-order valence-electron chi connectivity index (χ4n) is 1.98. The van der Waals surface area contributed by atoms with Crippen molar-refractivity contribution in [3.05, 3.63) is 35.4 Å². The summed E-state index contributed by atoms with van der Waals surface area (Å²) in [6, 6.07) is 8.15. The van der Waals surface area contributed by atoms with Crippen LogP contribution in [0.2, 0.25) is 0 Å². The van der Waals surface area contributed by atoms with Crippen LogP contribution in [0.5, 0.6) is 0 Å². The van der Waals surface area contributed by atoms with Gasteiger partial charge in [0, 0.05) is 26.7 Å². The van der Waals surface area contributed by atoms with Gasteiger partial charge in [0.2, 0.25) is 0 Å². The molecule has 18 heavy (non-hydrogen) atoms. The number of hydrogen-bond donors (Lipinski definition) is 1. The van der Waals surface area contributed by atoms with E-state index in [1.807, 2.05) is 12.1 Å². The summed E-state index contributed by atoms with van der Waals surface area (Å²) in [5.41, 5.74) is 2.25. The molecule has 3 heteroatoms. The summed E-state index contributed by atoms with van der Waals surface area (Å²) in [6.45, 7) is 8.30. The number of ether oxygens (including phenoxy) is 1. The second-order valence-corrected chi connectivity index (χ2v) is 5.10. The predicted octanol–water partition coefficient (Wildman–Crippen LogP) is 2.28. The van der Waals surface area contributed by atoms with Gasteiger partial charge in [-0.05, 0) is 17.0 Å². The minimum Gasteiger partial charge on any atom is -0.392 e. The lowest BCUT2D eigenvalue weighted by Crippen LogP contribution is -2.30. The SMILES string of the molecule is COCCN(Cc1ccc(CO)cc1)CC(C)C. The van der Waals surface area contributed by atoms with Crippen LogP contribution in [0.15, 0.2) is 24.3 Å². The first-order chi connectivity index (χ1) is 8.65. The third-order valence-corrected chi connectivity index (χ3v) is 2.85. The molecule has 0 aliphatic rings. The van der Waals surface area contributed by atoms with Gasteiger partial charge in [-0.25, -0.2) is 0 Å². The molecule has 0 saturated carbocycles. The van der Waals surface area contributed by atoms with Crippen molar-refractivity contribution in [2.45, 2.75) is 27.0 Å². The van der Waals surface area contributed by atoms with Gasteiger partial charge >= 0.3 is 0 Å². The molecule has 0 heterocycles. The monoisotopic (exact) mass is 251 g/mol. The molecule has 1 rings (SSSR count). The largest absolute Gasteiger partial charge is 0.392 e. The predicted molar refractivity (Wildman–Crippen MR) is 74.4 cm³/mol. The van der Waals surface area contributed by atoms with E-state index in [9.17, 15) is 0 Å². The highest BCUT2D eigenvalue weighted by atomic mass is 16.5. The molecule has 0 aliphatic carbocycles. The first-order valence-corrected chi connectivity index (χ1v) is 6.55. The van der Waals surface area contributed by atoms with Crippen molar-refractivity contribution in [1.82, 2.24) is 4.90 Å². The molecule has 0 unspecified atom stereocenters. The van der Waals surface area contributed by atoms with Crippen molar-refractivity contribution >= 4 is 0 Å². The standard InChI is InChI=1S/C15H25NO2/c1-13(2)10-16(8-9-18-3)11-14-4-6-15(12-17)7-5-14/h4-7,13,17H,8-12H2,1-3H3. The molecule has 0 aliphatic heterocycles. The van der Waals surface area contributed by atoms with Gasteiger partial charge in [0.25, 0.3) is 0 Å². The molecule has 1 N–H and O–H groups in total. The highest BCUT2D eigenvalue weighted by Gasteiger charge is 2.08. The van der Waals surface area contributed by atoms with E-state index >= 15 is 0 Å². The molecular formula is C15H25NO2. The lowest BCUT2D eigenvalue weighted by Gasteiger charge is -2.24. The van der Waals surface area contributed by atoms with Crippen molar-refractivity contribution in [2.24, 2.45) is 5.92 Å². The molecular weight excluding hydrogens is 226 g/mol. The molecule has 0 bridgehead atoms. The summed E-state index contributed by atoms with van der Waals surface area (Å²) >= 11 is 0. The summed E-state index contributed by atoms with van der Waals surface area (Å²) < 4.78 is 5.15. The number of rotatable bonds is 8. The lowest BCUT2D eigenvalue weighted by molar-refractivity contribution is 0.136. The highest BCUT2D eigenvalue weighted by Crippen LogP contribution is 2.09. The van der Waals surface area contributed by atoms with E-state index in [0.717, 1.165) is 31.8 Å². The summed E-state index contributed by atoms with van der Waals surface area (Å²) in [6.07, 6.45) is 0. The summed E-state index contributed by atoms with van der Waals surface area (Å²) in [7, 11) is 1.74. The number of aliphatic hydroxyl groups is 1. The van der Waals surface area contributed by atoms with Crippen LogP contribution < -0.4 is 0 Å². The Kier molecular flexibility index (Phi) is 6.94. The minimum absolute atomic E-state index is 0.111. The number of aliphatic hydroxyl groups excluding tert-OH is 1. The third kappa shape index (κ3) is 5.63. The van der Waals surface area contributed by atoms with Crippen molar-refractivity contribution in [1.29, 1.82) is 0 Å². The molecule has 0 spiro atoms. The van der Waals surface area contributed by atoms with Crippen LogP contribution in [0.1, 0.15) is 25.0 Å². The van der Waals surface area contributed by atoms with E-state index in [2.05, 4.69) is 30.9 Å². The zero-order valence-electron chi connectivity index (χ0n) is 11.7. The third-order valence-electron chi connectivity index (χ3n) is 2.85. The normalized spacial score (nSPS) is 11.4. The van der Waals surface area contributed by atoms with Crippen LogP contribution in [0.4, 0.5) is 0 Å². The van der Waals surface area contributed by atoms with Crippen LogP contribution >= 0.6 is 0 Å². The first-order valence-electron chi connectivity index (χ1n) is 6.55. The zero-order chi connectivity index (χ0) is 13.4. The van der Waals surface area contributed by atoms with Crippen molar-refractivity contribution < 1.29 is 9.84 Å². The Labute approximate surface area is 110 Å². The van der Waals surface area contributed by atoms with Crippen LogP contribution in [0.3, 0.4) is 0 Å². The first kappa shape index (κ1) is 15.2. The fraction of sp³-hybridized carbons (Fsp3) is 0.600. The Morgan fingerprint density at radius 2 is 1.78 bits per heavy atom. The van der Waals surface area contributed by atoms with E-state index in [-0.39, 0.29) is 6.61 Å². The van der Waals surface area contributed by atoms with Gasteiger partial charge < -0.3 is 9.84 Å². The van der Waals surface area contributed by atoms with Crippen molar-refractivity contribution in [3.8, 4) is 0 Å². The molecule has 102 valence electrons. The van der Waals surface area contributed by atoms with Gasteiger partial charge in [-0.2, -0.15) is 0 Å².